The number of azo groups is 1. The third kappa shape index (κ3) is 7.84. The van der Waals surface area contributed by atoms with Crippen molar-refractivity contribution in [3.8, 4) is 0 Å². The Morgan fingerprint density at radius 1 is 1.24 bits per heavy atom. The Bertz CT molecular complexity index is 1260. The number of halogens is 3. The molecule has 0 amide bonds. The van der Waals surface area contributed by atoms with Crippen molar-refractivity contribution in [2.24, 2.45) is 16.1 Å². The van der Waals surface area contributed by atoms with E-state index in [0.29, 0.717) is 12.1 Å². The minimum atomic E-state index is -4.92. The number of alkyl halides is 3. The monoisotopic (exact) mass is 562 g/mol. The van der Waals surface area contributed by atoms with Gasteiger partial charge in [0.25, 0.3) is 5.13 Å². The topological polar surface area (TPSA) is 126 Å². The molecule has 1 atom stereocenters. The first-order valence-electron chi connectivity index (χ1n) is 11.6. The van der Waals surface area contributed by atoms with Gasteiger partial charge in [-0.15, -0.1) is 20.4 Å². The Balaban J connectivity index is 1.97. The molecule has 0 spiro atoms. The molecule has 0 fully saturated rings. The quantitative estimate of drug-likeness (QED) is 0.310. The number of carbonyl (C=O) groups is 1. The van der Waals surface area contributed by atoms with Gasteiger partial charge in [0.2, 0.25) is 15.0 Å². The highest BCUT2D eigenvalue weighted by atomic mass is 32.2. The number of sulfonamides is 1. The SMILES string of the molecule is CC(C)COC(=O)c1nnc(N=Nc2cc3c(cc2NS(=O)(=O)CC(F)(F)F)N(C(C)C)C(C)CC3)s1. The van der Waals surface area contributed by atoms with Gasteiger partial charge < -0.3 is 9.64 Å². The summed E-state index contributed by atoms with van der Waals surface area (Å²) in [4.78, 5) is 14.2. The second-order valence-corrected chi connectivity index (χ2v) is 12.1. The highest BCUT2D eigenvalue weighted by molar-refractivity contribution is 7.92. The van der Waals surface area contributed by atoms with E-state index in [9.17, 15) is 26.4 Å². The average Bonchev–Trinajstić information content (AvgIpc) is 3.23. The Labute approximate surface area is 217 Å². The number of hydrogen-bond donors (Lipinski definition) is 1. The number of hydrogen-bond acceptors (Lipinski definition) is 10. The number of rotatable bonds is 9. The van der Waals surface area contributed by atoms with E-state index in [2.05, 4.69) is 25.3 Å². The van der Waals surface area contributed by atoms with Crippen LogP contribution in [0.2, 0.25) is 0 Å². The van der Waals surface area contributed by atoms with Gasteiger partial charge in [-0.3, -0.25) is 4.72 Å². The van der Waals surface area contributed by atoms with E-state index in [-0.39, 0.29) is 46.1 Å². The molecule has 204 valence electrons. The molecule has 1 N–H and O–H groups in total. The van der Waals surface area contributed by atoms with Crippen molar-refractivity contribution in [3.05, 3.63) is 22.7 Å². The average molecular weight is 563 g/mol. The van der Waals surface area contributed by atoms with Crippen LogP contribution in [0.5, 0.6) is 0 Å². The smallest absolute Gasteiger partial charge is 0.404 e. The fourth-order valence-electron chi connectivity index (χ4n) is 3.91. The van der Waals surface area contributed by atoms with Gasteiger partial charge in [-0.1, -0.05) is 25.2 Å². The number of carbonyl (C=O) groups excluding carboxylic acids is 1. The molecule has 1 unspecified atom stereocenters. The van der Waals surface area contributed by atoms with Gasteiger partial charge in [0.05, 0.1) is 12.3 Å². The summed E-state index contributed by atoms with van der Waals surface area (Å²) in [6, 6.07) is 3.30. The fourth-order valence-corrected chi connectivity index (χ4v) is 5.47. The molecule has 0 saturated carbocycles. The maximum Gasteiger partial charge on any atom is 0.404 e. The fraction of sp³-hybridized carbons (Fsp3) is 0.591. The molecule has 10 nitrogen and oxygen atoms in total. The number of anilines is 2. The van der Waals surface area contributed by atoms with Crippen molar-refractivity contribution in [1.29, 1.82) is 0 Å². The second-order valence-electron chi connectivity index (χ2n) is 9.45. The zero-order valence-corrected chi connectivity index (χ0v) is 22.7. The predicted molar refractivity (Wildman–Crippen MR) is 135 cm³/mol. The first-order valence-corrected chi connectivity index (χ1v) is 14.1. The molecule has 3 rings (SSSR count). The molecule has 0 bridgehead atoms. The molecule has 2 heterocycles. The molecule has 1 aliphatic rings. The number of nitrogens with zero attached hydrogens (tertiary/aromatic N) is 5. The zero-order chi connectivity index (χ0) is 27.5. The van der Waals surface area contributed by atoms with Gasteiger partial charge in [0.1, 0.15) is 5.69 Å². The Hall–Kier alpha value is -2.81. The van der Waals surface area contributed by atoms with E-state index in [4.69, 9.17) is 4.74 Å². The van der Waals surface area contributed by atoms with Crippen LogP contribution < -0.4 is 9.62 Å². The summed E-state index contributed by atoms with van der Waals surface area (Å²) in [5.41, 5.74) is 1.44. The molecule has 0 saturated heterocycles. The van der Waals surface area contributed by atoms with Gasteiger partial charge in [-0.25, -0.2) is 13.2 Å². The van der Waals surface area contributed by atoms with Crippen molar-refractivity contribution in [2.75, 3.05) is 22.0 Å². The molecular formula is C22H29F3N6O4S2. The third-order valence-electron chi connectivity index (χ3n) is 5.34. The van der Waals surface area contributed by atoms with Gasteiger partial charge in [-0.05, 0) is 57.2 Å². The number of fused-ring (bicyclic) bond motifs is 1. The Morgan fingerprint density at radius 2 is 1.95 bits per heavy atom. The standard InChI is InChI=1S/C22H29F3N6O4S2/c1-12(2)10-35-20(32)19-27-29-21(36-19)28-26-16-8-15-7-6-14(5)31(13(3)4)18(15)9-17(16)30-37(33,34)11-22(23,24)25/h8-9,12-14,30H,6-7,10-11H2,1-5H3. The normalized spacial score (nSPS) is 16.5. The minimum Gasteiger partial charge on any atom is -0.460 e. The third-order valence-corrected chi connectivity index (χ3v) is 7.36. The molecule has 2 aromatic rings. The molecule has 1 aromatic carbocycles. The predicted octanol–water partition coefficient (Wildman–Crippen LogP) is 5.62. The summed E-state index contributed by atoms with van der Waals surface area (Å²) in [5, 5.41) is 15.5. The van der Waals surface area contributed by atoms with E-state index in [1.54, 1.807) is 6.07 Å². The molecule has 37 heavy (non-hydrogen) atoms. The molecule has 15 heteroatoms. The number of benzene rings is 1. The van der Waals surface area contributed by atoms with Crippen LogP contribution >= 0.6 is 11.3 Å². The number of nitrogens with one attached hydrogen (secondary N) is 1. The van der Waals surface area contributed by atoms with Crippen LogP contribution in [0.15, 0.2) is 22.4 Å². The van der Waals surface area contributed by atoms with E-state index >= 15 is 0 Å². The van der Waals surface area contributed by atoms with E-state index in [1.807, 2.05) is 39.3 Å². The maximum atomic E-state index is 12.9. The van der Waals surface area contributed by atoms with Crippen LogP contribution in [0.25, 0.3) is 0 Å². The molecule has 1 aliphatic heterocycles. The largest absolute Gasteiger partial charge is 0.460 e. The molecular weight excluding hydrogens is 533 g/mol. The summed E-state index contributed by atoms with van der Waals surface area (Å²) in [5.74, 6) is -2.57. The van der Waals surface area contributed by atoms with Gasteiger partial charge in [0.15, 0.2) is 5.75 Å². The Kier molecular flexibility index (Phi) is 8.78. The lowest BCUT2D eigenvalue weighted by Gasteiger charge is -2.40. The maximum absolute atomic E-state index is 12.9. The van der Waals surface area contributed by atoms with Crippen LogP contribution in [-0.2, 0) is 21.2 Å². The van der Waals surface area contributed by atoms with Crippen molar-refractivity contribution in [3.63, 3.8) is 0 Å². The molecule has 1 aromatic heterocycles. The lowest BCUT2D eigenvalue weighted by Crippen LogP contribution is -2.42. The molecule has 0 radical (unpaired) electrons. The van der Waals surface area contributed by atoms with Crippen molar-refractivity contribution in [2.45, 2.75) is 65.7 Å². The number of esters is 1. The van der Waals surface area contributed by atoms with E-state index < -0.39 is 27.9 Å². The van der Waals surface area contributed by atoms with Crippen LogP contribution in [0.3, 0.4) is 0 Å². The highest BCUT2D eigenvalue weighted by Gasteiger charge is 2.36. The highest BCUT2D eigenvalue weighted by Crippen LogP contribution is 2.41. The summed E-state index contributed by atoms with van der Waals surface area (Å²) in [6.45, 7) is 9.96. The van der Waals surface area contributed by atoms with Crippen LogP contribution in [0, 0.1) is 5.92 Å². The van der Waals surface area contributed by atoms with Crippen LogP contribution in [-0.4, -0.2) is 55.2 Å². The van der Waals surface area contributed by atoms with E-state index in [1.165, 1.54) is 6.07 Å². The number of ether oxygens (including phenoxy) is 1. The van der Waals surface area contributed by atoms with Gasteiger partial charge >= 0.3 is 12.1 Å². The lowest BCUT2D eigenvalue weighted by molar-refractivity contribution is -0.106. The van der Waals surface area contributed by atoms with Crippen molar-refractivity contribution >= 4 is 49.5 Å². The summed E-state index contributed by atoms with van der Waals surface area (Å²) >= 11 is 0.819. The van der Waals surface area contributed by atoms with E-state index in [0.717, 1.165) is 23.3 Å². The first kappa shape index (κ1) is 28.8. The number of aromatic nitrogens is 2. The summed E-state index contributed by atoms with van der Waals surface area (Å²) < 4.78 is 70.3. The second kappa shape index (κ2) is 11.3. The van der Waals surface area contributed by atoms with Crippen LogP contribution in [0.4, 0.5) is 35.4 Å². The summed E-state index contributed by atoms with van der Waals surface area (Å²) in [7, 11) is -4.78. The number of aryl methyl sites for hydroxylation is 1. The lowest BCUT2D eigenvalue weighted by atomic mass is 9.94. The van der Waals surface area contributed by atoms with Gasteiger partial charge in [0, 0.05) is 17.8 Å². The summed E-state index contributed by atoms with van der Waals surface area (Å²) in [6.07, 6.45) is -3.42. The minimum absolute atomic E-state index is 0.00394. The van der Waals surface area contributed by atoms with Gasteiger partial charge in [-0.2, -0.15) is 13.2 Å². The van der Waals surface area contributed by atoms with Crippen LogP contribution in [0.1, 0.15) is 56.4 Å². The Morgan fingerprint density at radius 3 is 2.57 bits per heavy atom. The zero-order valence-electron chi connectivity index (χ0n) is 21.0. The molecule has 0 aliphatic carbocycles. The van der Waals surface area contributed by atoms with Crippen molar-refractivity contribution < 1.29 is 31.1 Å². The van der Waals surface area contributed by atoms with Crippen molar-refractivity contribution in [1.82, 2.24) is 10.2 Å². The first-order chi connectivity index (χ1) is 17.1.